The molecule has 132 valence electrons. The van der Waals surface area contributed by atoms with Crippen LogP contribution in [0.15, 0.2) is 76.5 Å². The number of carbonyl (C=O) groups excluding carboxylic acids is 1. The third-order valence-electron chi connectivity index (χ3n) is 3.68. The molecular weight excluding hydrogens is 348 g/mol. The molecule has 0 aliphatic rings. The molecule has 0 aromatic heterocycles. The first-order valence-electron chi connectivity index (χ1n) is 7.87. The molecule has 3 aromatic rings. The average molecular weight is 366 g/mol. The van der Waals surface area contributed by atoms with E-state index in [4.69, 9.17) is 10.5 Å². The summed E-state index contributed by atoms with van der Waals surface area (Å²) in [4.78, 5) is 14.3. The molecule has 0 saturated carbocycles. The fraction of sp³-hybridized carbons (Fsp3) is 0.0500. The van der Waals surface area contributed by atoms with E-state index in [1.165, 1.54) is 18.9 Å². The smallest absolute Gasteiger partial charge is 0.259 e. The molecule has 0 atom stereocenters. The third-order valence-corrected chi connectivity index (χ3v) is 4.78. The number of amides is 1. The number of phenolic OH excluding ortho intramolecular Hbond substituents is 1. The normalized spacial score (nSPS) is 10.3. The van der Waals surface area contributed by atoms with E-state index in [9.17, 15) is 9.90 Å². The lowest BCUT2D eigenvalue weighted by molar-refractivity contribution is 0.102. The maximum Gasteiger partial charge on any atom is 0.259 e. The number of anilines is 2. The van der Waals surface area contributed by atoms with Gasteiger partial charge in [0.15, 0.2) is 0 Å². The van der Waals surface area contributed by atoms with Crippen molar-refractivity contribution in [3.63, 3.8) is 0 Å². The van der Waals surface area contributed by atoms with Gasteiger partial charge in [-0.1, -0.05) is 23.9 Å². The molecule has 5 nitrogen and oxygen atoms in total. The van der Waals surface area contributed by atoms with E-state index in [-0.39, 0.29) is 11.7 Å². The Labute approximate surface area is 155 Å². The molecule has 3 aromatic carbocycles. The summed E-state index contributed by atoms with van der Waals surface area (Å²) in [5, 5.41) is 12.2. The topological polar surface area (TPSA) is 84.6 Å². The van der Waals surface area contributed by atoms with E-state index in [0.29, 0.717) is 22.7 Å². The van der Waals surface area contributed by atoms with Crippen molar-refractivity contribution in [1.82, 2.24) is 0 Å². The number of nitrogens with two attached hydrogens (primary N) is 1. The highest BCUT2D eigenvalue weighted by Crippen LogP contribution is 2.34. The summed E-state index contributed by atoms with van der Waals surface area (Å²) in [6.45, 7) is 0. The summed E-state index contributed by atoms with van der Waals surface area (Å²) in [6, 6.07) is 19.3. The lowest BCUT2D eigenvalue weighted by Crippen LogP contribution is -2.13. The summed E-state index contributed by atoms with van der Waals surface area (Å²) in [5.41, 5.74) is 7.74. The van der Waals surface area contributed by atoms with E-state index in [2.05, 4.69) is 5.32 Å². The Morgan fingerprint density at radius 1 is 1.08 bits per heavy atom. The number of phenols is 1. The number of ether oxygens (including phenoxy) is 1. The van der Waals surface area contributed by atoms with Gasteiger partial charge in [-0.2, -0.15) is 0 Å². The largest absolute Gasteiger partial charge is 0.508 e. The molecule has 6 heteroatoms. The Morgan fingerprint density at radius 2 is 1.81 bits per heavy atom. The monoisotopic (exact) mass is 366 g/mol. The predicted molar refractivity (Wildman–Crippen MR) is 104 cm³/mol. The van der Waals surface area contributed by atoms with E-state index < -0.39 is 0 Å². The van der Waals surface area contributed by atoms with Crippen molar-refractivity contribution >= 4 is 29.0 Å². The van der Waals surface area contributed by atoms with Gasteiger partial charge in [-0.15, -0.1) is 0 Å². The lowest BCUT2D eigenvalue weighted by Gasteiger charge is -2.11. The van der Waals surface area contributed by atoms with Gasteiger partial charge in [0, 0.05) is 21.2 Å². The number of para-hydroxylation sites is 1. The van der Waals surface area contributed by atoms with Crippen LogP contribution in [0.5, 0.6) is 11.5 Å². The molecule has 0 saturated heterocycles. The first-order valence-corrected chi connectivity index (χ1v) is 8.69. The Morgan fingerprint density at radius 3 is 2.50 bits per heavy atom. The fourth-order valence-corrected chi connectivity index (χ4v) is 3.23. The Bertz CT molecular complexity index is 927. The highest BCUT2D eigenvalue weighted by atomic mass is 32.2. The van der Waals surface area contributed by atoms with E-state index in [0.717, 1.165) is 9.79 Å². The Balaban J connectivity index is 1.75. The summed E-state index contributed by atoms with van der Waals surface area (Å²) in [7, 11) is 1.53. The van der Waals surface area contributed by atoms with Crippen molar-refractivity contribution < 1.29 is 14.6 Å². The molecule has 0 spiro atoms. The number of methoxy groups -OCH3 is 1. The Hall–Kier alpha value is -3.12. The van der Waals surface area contributed by atoms with Crippen molar-refractivity contribution in [2.45, 2.75) is 9.79 Å². The minimum absolute atomic E-state index is 0.219. The molecule has 0 heterocycles. The van der Waals surface area contributed by atoms with Gasteiger partial charge >= 0.3 is 0 Å². The van der Waals surface area contributed by atoms with Gasteiger partial charge in [0.25, 0.3) is 5.91 Å². The van der Waals surface area contributed by atoms with E-state index in [1.807, 2.05) is 24.3 Å². The highest BCUT2D eigenvalue weighted by Gasteiger charge is 2.12. The Kier molecular flexibility index (Phi) is 5.34. The van der Waals surface area contributed by atoms with Gasteiger partial charge in [0.05, 0.1) is 12.7 Å². The molecule has 1 amide bonds. The second-order valence-electron chi connectivity index (χ2n) is 5.50. The number of nitrogens with one attached hydrogen (secondary N) is 1. The summed E-state index contributed by atoms with van der Waals surface area (Å²) < 4.78 is 5.22. The number of hydrogen-bond donors (Lipinski definition) is 3. The fourth-order valence-electron chi connectivity index (χ4n) is 2.39. The number of benzene rings is 3. The molecule has 0 fully saturated rings. The number of nitrogen functional groups attached to an aromatic ring is 1. The maximum atomic E-state index is 12.5. The zero-order valence-electron chi connectivity index (χ0n) is 14.1. The van der Waals surface area contributed by atoms with Crippen LogP contribution in [0.3, 0.4) is 0 Å². The van der Waals surface area contributed by atoms with Crippen LogP contribution in [0.4, 0.5) is 11.4 Å². The molecule has 0 bridgehead atoms. The molecular formula is C20H18N2O3S. The van der Waals surface area contributed by atoms with Gasteiger partial charge in [0.2, 0.25) is 0 Å². The van der Waals surface area contributed by atoms with Gasteiger partial charge < -0.3 is 20.9 Å². The van der Waals surface area contributed by atoms with Crippen molar-refractivity contribution in [1.29, 1.82) is 0 Å². The second-order valence-corrected chi connectivity index (χ2v) is 6.62. The summed E-state index contributed by atoms with van der Waals surface area (Å²) in [5.74, 6) is 0.468. The number of rotatable bonds is 5. The first kappa shape index (κ1) is 17.7. The first-order chi connectivity index (χ1) is 12.6. The molecule has 0 radical (unpaired) electrons. The van der Waals surface area contributed by atoms with Crippen LogP contribution in [0, 0.1) is 0 Å². The zero-order valence-corrected chi connectivity index (χ0v) is 14.9. The van der Waals surface area contributed by atoms with Crippen LogP contribution in [0.1, 0.15) is 10.4 Å². The predicted octanol–water partition coefficient (Wildman–Crippen LogP) is 4.39. The van der Waals surface area contributed by atoms with Crippen LogP contribution in [-0.4, -0.2) is 18.1 Å². The van der Waals surface area contributed by atoms with Gasteiger partial charge in [-0.3, -0.25) is 4.79 Å². The van der Waals surface area contributed by atoms with Crippen LogP contribution in [0.25, 0.3) is 0 Å². The molecule has 0 unspecified atom stereocenters. The lowest BCUT2D eigenvalue weighted by atomic mass is 10.2. The molecule has 0 aliphatic carbocycles. The minimum Gasteiger partial charge on any atom is -0.508 e. The van der Waals surface area contributed by atoms with Crippen LogP contribution < -0.4 is 15.8 Å². The van der Waals surface area contributed by atoms with Crippen molar-refractivity contribution in [3.05, 3.63) is 72.3 Å². The zero-order chi connectivity index (χ0) is 18.5. The van der Waals surface area contributed by atoms with Crippen molar-refractivity contribution in [3.8, 4) is 11.5 Å². The molecule has 3 rings (SSSR count). The van der Waals surface area contributed by atoms with Crippen molar-refractivity contribution in [2.75, 3.05) is 18.2 Å². The van der Waals surface area contributed by atoms with Gasteiger partial charge in [-0.05, 0) is 54.6 Å². The SMILES string of the molecule is COc1ccccc1C(=O)Nc1ccc(Sc2ccc(O)cc2)c(N)c1. The van der Waals surface area contributed by atoms with Crippen LogP contribution >= 0.6 is 11.8 Å². The standard InChI is InChI=1S/C20H18N2O3S/c1-25-18-5-3-2-4-16(18)20(24)22-13-6-11-19(17(21)12-13)26-15-9-7-14(23)8-10-15/h2-12,23H,21H2,1H3,(H,22,24). The van der Waals surface area contributed by atoms with Crippen LogP contribution in [0.2, 0.25) is 0 Å². The van der Waals surface area contributed by atoms with E-state index in [1.54, 1.807) is 42.5 Å². The molecule has 0 aliphatic heterocycles. The van der Waals surface area contributed by atoms with Crippen LogP contribution in [-0.2, 0) is 0 Å². The summed E-state index contributed by atoms with van der Waals surface area (Å²) in [6.07, 6.45) is 0. The average Bonchev–Trinajstić information content (AvgIpc) is 2.65. The quantitative estimate of drug-likeness (QED) is 0.583. The van der Waals surface area contributed by atoms with Gasteiger partial charge in [-0.25, -0.2) is 0 Å². The van der Waals surface area contributed by atoms with E-state index >= 15 is 0 Å². The second kappa shape index (κ2) is 7.84. The van der Waals surface area contributed by atoms with Gasteiger partial charge in [0.1, 0.15) is 11.5 Å². The molecule has 26 heavy (non-hydrogen) atoms. The summed E-state index contributed by atoms with van der Waals surface area (Å²) >= 11 is 1.48. The number of carbonyl (C=O) groups is 1. The number of aromatic hydroxyl groups is 1. The highest BCUT2D eigenvalue weighted by molar-refractivity contribution is 7.99. The maximum absolute atomic E-state index is 12.5. The minimum atomic E-state index is -0.263. The number of hydrogen-bond acceptors (Lipinski definition) is 5. The third kappa shape index (κ3) is 4.10. The molecule has 4 N–H and O–H groups in total. The van der Waals surface area contributed by atoms with Crippen molar-refractivity contribution in [2.24, 2.45) is 0 Å².